The molecule has 0 spiro atoms. The summed E-state index contributed by atoms with van der Waals surface area (Å²) in [6.07, 6.45) is 2.18. The monoisotopic (exact) mass is 357 g/mol. The fraction of sp³-hybridized carbons (Fsp3) is 0.421. The van der Waals surface area contributed by atoms with Crippen molar-refractivity contribution in [3.8, 4) is 5.75 Å². The zero-order chi connectivity index (χ0) is 18.7. The van der Waals surface area contributed by atoms with Gasteiger partial charge in [-0.25, -0.2) is 0 Å². The maximum absolute atomic E-state index is 12.5. The van der Waals surface area contributed by atoms with Crippen molar-refractivity contribution < 1.29 is 19.4 Å². The lowest BCUT2D eigenvalue weighted by Crippen LogP contribution is -2.47. The summed E-state index contributed by atoms with van der Waals surface area (Å²) in [7, 11) is 1.76. The number of carbonyl (C=O) groups is 2. The van der Waals surface area contributed by atoms with E-state index in [9.17, 15) is 14.7 Å². The van der Waals surface area contributed by atoms with E-state index >= 15 is 0 Å². The zero-order valence-electron chi connectivity index (χ0n) is 15.0. The van der Waals surface area contributed by atoms with E-state index in [0.717, 1.165) is 17.0 Å². The average molecular weight is 357 g/mol. The van der Waals surface area contributed by atoms with Crippen LogP contribution in [0.5, 0.6) is 5.75 Å². The minimum absolute atomic E-state index is 0.0544. The number of amides is 1. The van der Waals surface area contributed by atoms with Crippen LogP contribution >= 0.6 is 0 Å². The molecule has 0 aliphatic carbocycles. The van der Waals surface area contributed by atoms with Gasteiger partial charge in [0.1, 0.15) is 12.4 Å². The Balaban J connectivity index is 1.76. The molecule has 2 aromatic rings. The molecule has 26 heavy (non-hydrogen) atoms. The fourth-order valence-electron chi connectivity index (χ4n) is 3.41. The molecule has 7 nitrogen and oxygen atoms in total. The SMILES string of the molecule is Cc1ccc(OCCN2C(=O)CC[C@H](C(=O)O)[C@H]2c2ccnn2C)cc1. The van der Waals surface area contributed by atoms with Crippen LogP contribution in [0.2, 0.25) is 0 Å². The van der Waals surface area contributed by atoms with Gasteiger partial charge in [-0.15, -0.1) is 0 Å². The summed E-state index contributed by atoms with van der Waals surface area (Å²) in [4.78, 5) is 25.9. The quantitative estimate of drug-likeness (QED) is 0.856. The summed E-state index contributed by atoms with van der Waals surface area (Å²) in [5.74, 6) is -0.872. The molecule has 2 atom stereocenters. The van der Waals surface area contributed by atoms with Crippen LogP contribution < -0.4 is 4.74 Å². The maximum atomic E-state index is 12.5. The average Bonchev–Trinajstić information content (AvgIpc) is 3.03. The standard InChI is InChI=1S/C19H23N3O4/c1-13-3-5-14(6-4-13)26-12-11-22-17(23)8-7-15(19(24)25)18(22)16-9-10-20-21(16)2/h3-6,9-10,15,18H,7-8,11-12H2,1-2H3,(H,24,25)/t15-,18-/m0/s1. The molecule has 1 aliphatic rings. The molecule has 7 heteroatoms. The van der Waals surface area contributed by atoms with Gasteiger partial charge >= 0.3 is 5.97 Å². The van der Waals surface area contributed by atoms with Crippen molar-refractivity contribution in [2.24, 2.45) is 13.0 Å². The summed E-state index contributed by atoms with van der Waals surface area (Å²) in [6, 6.07) is 8.91. The van der Waals surface area contributed by atoms with Gasteiger partial charge in [-0.05, 0) is 31.5 Å². The molecule has 138 valence electrons. The van der Waals surface area contributed by atoms with Crippen LogP contribution in [0.1, 0.15) is 30.1 Å². The predicted octanol–water partition coefficient (Wildman–Crippen LogP) is 2.17. The minimum Gasteiger partial charge on any atom is -0.492 e. The molecule has 1 N–H and O–H groups in total. The van der Waals surface area contributed by atoms with E-state index < -0.39 is 17.9 Å². The molecule has 0 unspecified atom stereocenters. The van der Waals surface area contributed by atoms with Crippen LogP contribution in [0, 0.1) is 12.8 Å². The summed E-state index contributed by atoms with van der Waals surface area (Å²) in [6.45, 7) is 2.63. The molecule has 2 heterocycles. The minimum atomic E-state index is -0.895. The van der Waals surface area contributed by atoms with E-state index in [1.807, 2.05) is 31.2 Å². The highest BCUT2D eigenvalue weighted by Crippen LogP contribution is 2.36. The highest BCUT2D eigenvalue weighted by atomic mass is 16.5. The van der Waals surface area contributed by atoms with E-state index in [4.69, 9.17) is 4.74 Å². The molecule has 0 radical (unpaired) electrons. The Morgan fingerprint density at radius 3 is 2.65 bits per heavy atom. The first-order valence-corrected chi connectivity index (χ1v) is 8.67. The van der Waals surface area contributed by atoms with Crippen molar-refractivity contribution in [2.45, 2.75) is 25.8 Å². The fourth-order valence-corrected chi connectivity index (χ4v) is 3.41. The second-order valence-corrected chi connectivity index (χ2v) is 6.56. The predicted molar refractivity (Wildman–Crippen MR) is 94.7 cm³/mol. The summed E-state index contributed by atoms with van der Waals surface area (Å²) >= 11 is 0. The van der Waals surface area contributed by atoms with E-state index in [0.29, 0.717) is 19.6 Å². The molecule has 1 aliphatic heterocycles. The van der Waals surface area contributed by atoms with Crippen molar-refractivity contribution >= 4 is 11.9 Å². The van der Waals surface area contributed by atoms with Crippen molar-refractivity contribution in [3.05, 3.63) is 47.8 Å². The summed E-state index contributed by atoms with van der Waals surface area (Å²) in [5, 5.41) is 13.8. The Labute approximate surface area is 152 Å². The van der Waals surface area contributed by atoms with Crippen LogP contribution in [0.4, 0.5) is 0 Å². The Morgan fingerprint density at radius 1 is 1.31 bits per heavy atom. The maximum Gasteiger partial charge on any atom is 0.309 e. The van der Waals surface area contributed by atoms with Crippen molar-refractivity contribution in [1.82, 2.24) is 14.7 Å². The van der Waals surface area contributed by atoms with Gasteiger partial charge in [0.15, 0.2) is 0 Å². The van der Waals surface area contributed by atoms with Gasteiger partial charge in [0.25, 0.3) is 0 Å². The zero-order valence-corrected chi connectivity index (χ0v) is 15.0. The lowest BCUT2D eigenvalue weighted by atomic mass is 9.86. The molecule has 1 aromatic heterocycles. The largest absolute Gasteiger partial charge is 0.492 e. The van der Waals surface area contributed by atoms with Gasteiger partial charge in [0, 0.05) is 19.7 Å². The molecule has 1 saturated heterocycles. The molecule has 1 aromatic carbocycles. The van der Waals surface area contributed by atoms with Crippen molar-refractivity contribution in [3.63, 3.8) is 0 Å². The van der Waals surface area contributed by atoms with Gasteiger partial charge in [-0.1, -0.05) is 17.7 Å². The van der Waals surface area contributed by atoms with Gasteiger partial charge in [0.05, 0.1) is 24.2 Å². The first kappa shape index (κ1) is 18.0. The number of ether oxygens (including phenoxy) is 1. The van der Waals surface area contributed by atoms with E-state index in [1.54, 1.807) is 28.9 Å². The molecule has 0 saturated carbocycles. The number of likely N-dealkylation sites (tertiary alicyclic amines) is 1. The third-order valence-corrected chi connectivity index (χ3v) is 4.81. The highest BCUT2D eigenvalue weighted by Gasteiger charge is 2.41. The Kier molecular flexibility index (Phi) is 5.25. The number of rotatable bonds is 6. The van der Waals surface area contributed by atoms with Crippen molar-refractivity contribution in [1.29, 1.82) is 0 Å². The van der Waals surface area contributed by atoms with Crippen molar-refractivity contribution in [2.75, 3.05) is 13.2 Å². The van der Waals surface area contributed by atoms with Gasteiger partial charge in [0.2, 0.25) is 5.91 Å². The topological polar surface area (TPSA) is 84.7 Å². The molecule has 0 bridgehead atoms. The normalized spacial score (nSPS) is 20.2. The summed E-state index contributed by atoms with van der Waals surface area (Å²) < 4.78 is 7.37. The number of benzene rings is 1. The summed E-state index contributed by atoms with van der Waals surface area (Å²) in [5.41, 5.74) is 1.87. The second-order valence-electron chi connectivity index (χ2n) is 6.56. The van der Waals surface area contributed by atoms with E-state index in [-0.39, 0.29) is 12.3 Å². The van der Waals surface area contributed by atoms with E-state index in [2.05, 4.69) is 5.10 Å². The number of aromatic nitrogens is 2. The third kappa shape index (κ3) is 3.71. The third-order valence-electron chi connectivity index (χ3n) is 4.81. The van der Waals surface area contributed by atoms with Crippen LogP contribution in [0.3, 0.4) is 0 Å². The number of carbonyl (C=O) groups excluding carboxylic acids is 1. The lowest BCUT2D eigenvalue weighted by Gasteiger charge is -2.39. The van der Waals surface area contributed by atoms with Gasteiger partial charge in [-0.3, -0.25) is 14.3 Å². The van der Waals surface area contributed by atoms with Crippen LogP contribution in [-0.2, 0) is 16.6 Å². The van der Waals surface area contributed by atoms with Crippen LogP contribution in [0.15, 0.2) is 36.5 Å². The Bertz CT molecular complexity index is 784. The second kappa shape index (κ2) is 7.59. The number of carboxylic acids is 1. The Hall–Kier alpha value is -2.83. The number of hydrogen-bond acceptors (Lipinski definition) is 4. The number of carboxylic acid groups (broad SMARTS) is 1. The number of aryl methyl sites for hydroxylation is 2. The van der Waals surface area contributed by atoms with E-state index in [1.165, 1.54) is 0 Å². The van der Waals surface area contributed by atoms with Gasteiger partial charge in [-0.2, -0.15) is 5.10 Å². The smallest absolute Gasteiger partial charge is 0.309 e. The number of nitrogens with zero attached hydrogens (tertiary/aromatic N) is 3. The Morgan fingerprint density at radius 2 is 2.04 bits per heavy atom. The molecular weight excluding hydrogens is 334 g/mol. The van der Waals surface area contributed by atoms with Gasteiger partial charge < -0.3 is 14.7 Å². The number of piperidine rings is 1. The molecular formula is C19H23N3O4. The first-order chi connectivity index (χ1) is 12.5. The molecule has 3 rings (SSSR count). The number of hydrogen-bond donors (Lipinski definition) is 1. The highest BCUT2D eigenvalue weighted by molar-refractivity contribution is 5.81. The first-order valence-electron chi connectivity index (χ1n) is 8.67. The lowest BCUT2D eigenvalue weighted by molar-refractivity contribution is -0.152. The van der Waals surface area contributed by atoms with Crippen LogP contribution in [0.25, 0.3) is 0 Å². The molecule has 1 fully saturated rings. The molecule has 1 amide bonds. The van der Waals surface area contributed by atoms with Crippen LogP contribution in [-0.4, -0.2) is 44.8 Å². The number of aliphatic carboxylic acids is 1.